The molecular formula is C20H25KO4S. The minimum atomic E-state index is -4.53. The fourth-order valence-electron chi connectivity index (χ4n) is 2.76. The van der Waals surface area contributed by atoms with Crippen LogP contribution in [0.5, 0.6) is 11.5 Å². The number of hydrogen-bond donors (Lipinski definition) is 0. The first-order valence-electron chi connectivity index (χ1n) is 8.82. The minimum absolute atomic E-state index is 0. The number of para-hydroxylation sites is 1. The number of unbranched alkanes of at least 4 members (excludes halogenated alkanes) is 5. The third-order valence-electron chi connectivity index (χ3n) is 4.09. The maximum Gasteiger partial charge on any atom is 1.00 e. The van der Waals surface area contributed by atoms with Crippen LogP contribution in [0.2, 0.25) is 0 Å². The topological polar surface area (TPSA) is 66.4 Å². The summed E-state index contributed by atoms with van der Waals surface area (Å²) in [4.78, 5) is -0.172. The van der Waals surface area contributed by atoms with Crippen molar-refractivity contribution in [2.75, 3.05) is 0 Å². The summed E-state index contributed by atoms with van der Waals surface area (Å²) in [5, 5.41) is 0. The van der Waals surface area contributed by atoms with Gasteiger partial charge >= 0.3 is 51.4 Å². The van der Waals surface area contributed by atoms with Crippen LogP contribution in [0.1, 0.15) is 51.0 Å². The third-order valence-corrected chi connectivity index (χ3v) is 5.01. The zero-order chi connectivity index (χ0) is 18.1. The van der Waals surface area contributed by atoms with Crippen LogP contribution < -0.4 is 56.1 Å². The Bertz CT molecular complexity index is 761. The van der Waals surface area contributed by atoms with Crippen molar-refractivity contribution in [3.63, 3.8) is 0 Å². The molecule has 0 amide bonds. The van der Waals surface area contributed by atoms with E-state index in [9.17, 15) is 13.0 Å². The Labute approximate surface area is 199 Å². The zero-order valence-corrected chi connectivity index (χ0v) is 19.5. The first-order chi connectivity index (χ1) is 12.0. The van der Waals surface area contributed by atoms with Crippen molar-refractivity contribution in [3.05, 3.63) is 54.1 Å². The summed E-state index contributed by atoms with van der Waals surface area (Å²) in [6.45, 7) is 2.17. The third kappa shape index (κ3) is 8.21. The predicted molar refractivity (Wildman–Crippen MR) is 98.0 cm³/mol. The van der Waals surface area contributed by atoms with Crippen molar-refractivity contribution in [1.82, 2.24) is 0 Å². The molecule has 2 aromatic carbocycles. The van der Waals surface area contributed by atoms with Crippen LogP contribution in [0, 0.1) is 0 Å². The van der Waals surface area contributed by atoms with Gasteiger partial charge in [-0.15, -0.1) is 0 Å². The fourth-order valence-corrected chi connectivity index (χ4v) is 3.51. The molecule has 0 aliphatic carbocycles. The number of rotatable bonds is 10. The maximum absolute atomic E-state index is 11.6. The number of hydrogen-bond acceptors (Lipinski definition) is 4. The van der Waals surface area contributed by atoms with E-state index in [0.29, 0.717) is 23.5 Å². The average molecular weight is 401 g/mol. The molecular weight excluding hydrogens is 375 g/mol. The Hall–Kier alpha value is -0.214. The average Bonchev–Trinajstić information content (AvgIpc) is 2.59. The maximum atomic E-state index is 11.6. The number of ether oxygens (including phenoxy) is 1. The van der Waals surface area contributed by atoms with Crippen LogP contribution in [-0.4, -0.2) is 13.0 Å². The number of benzene rings is 2. The van der Waals surface area contributed by atoms with Gasteiger partial charge in [0.05, 0.1) is 4.90 Å². The van der Waals surface area contributed by atoms with Gasteiger partial charge < -0.3 is 9.29 Å². The largest absolute Gasteiger partial charge is 1.00 e. The van der Waals surface area contributed by atoms with Crippen molar-refractivity contribution >= 4 is 10.1 Å². The SMILES string of the molecule is CCCCCCCCc1ccc(Oc2ccccc2)cc1S(=O)(=O)[O-].[K+]. The van der Waals surface area contributed by atoms with Gasteiger partial charge in [-0.05, 0) is 42.7 Å². The smallest absolute Gasteiger partial charge is 0.744 e. The van der Waals surface area contributed by atoms with E-state index in [4.69, 9.17) is 4.74 Å². The van der Waals surface area contributed by atoms with Crippen molar-refractivity contribution in [2.24, 2.45) is 0 Å². The first kappa shape index (κ1) is 23.8. The first-order valence-corrected chi connectivity index (χ1v) is 10.2. The van der Waals surface area contributed by atoms with Crippen molar-refractivity contribution < 1.29 is 69.1 Å². The molecule has 0 saturated heterocycles. The van der Waals surface area contributed by atoms with Crippen molar-refractivity contribution in [2.45, 2.75) is 56.8 Å². The van der Waals surface area contributed by atoms with Crippen molar-refractivity contribution in [3.8, 4) is 11.5 Å². The predicted octanol–water partition coefficient (Wildman–Crippen LogP) is 2.29. The Kier molecular flexibility index (Phi) is 11.3. The molecule has 4 nitrogen and oxygen atoms in total. The summed E-state index contributed by atoms with van der Waals surface area (Å²) in [6.07, 6.45) is 7.28. The quantitative estimate of drug-likeness (QED) is 0.349. The van der Waals surface area contributed by atoms with E-state index in [2.05, 4.69) is 6.92 Å². The van der Waals surface area contributed by atoms with Crippen LogP contribution in [0.4, 0.5) is 0 Å². The minimum Gasteiger partial charge on any atom is -0.744 e. The second-order valence-corrected chi connectivity index (χ2v) is 7.50. The molecule has 2 aromatic rings. The Morgan fingerprint density at radius 1 is 0.885 bits per heavy atom. The second kappa shape index (κ2) is 12.3. The zero-order valence-electron chi connectivity index (χ0n) is 15.6. The van der Waals surface area contributed by atoms with Gasteiger partial charge in [0.25, 0.3) is 0 Å². The molecule has 0 heterocycles. The molecule has 0 radical (unpaired) electrons. The molecule has 2 rings (SSSR count). The molecule has 0 aromatic heterocycles. The van der Waals surface area contributed by atoms with Gasteiger partial charge in [-0.3, -0.25) is 0 Å². The van der Waals surface area contributed by atoms with Gasteiger partial charge in [0, 0.05) is 0 Å². The van der Waals surface area contributed by atoms with E-state index >= 15 is 0 Å². The van der Waals surface area contributed by atoms with Gasteiger partial charge in [-0.1, -0.05) is 63.3 Å². The molecule has 6 heteroatoms. The monoisotopic (exact) mass is 400 g/mol. The van der Waals surface area contributed by atoms with Crippen LogP contribution in [0.15, 0.2) is 53.4 Å². The van der Waals surface area contributed by atoms with Gasteiger partial charge in [-0.2, -0.15) is 0 Å². The second-order valence-electron chi connectivity index (χ2n) is 6.16. The summed E-state index contributed by atoms with van der Waals surface area (Å²) in [5.74, 6) is 0.952. The van der Waals surface area contributed by atoms with E-state index < -0.39 is 10.1 Å². The molecule has 0 saturated carbocycles. The van der Waals surface area contributed by atoms with Gasteiger partial charge in [0.2, 0.25) is 0 Å². The van der Waals surface area contributed by atoms with Gasteiger partial charge in [0.15, 0.2) is 0 Å². The Morgan fingerprint density at radius 3 is 2.19 bits per heavy atom. The summed E-state index contributed by atoms with van der Waals surface area (Å²) in [5.41, 5.74) is 0.575. The van der Waals surface area contributed by atoms with Crippen LogP contribution in [0.3, 0.4) is 0 Å². The Morgan fingerprint density at radius 2 is 1.54 bits per heavy atom. The molecule has 0 spiro atoms. The molecule has 0 aliphatic rings. The molecule has 0 fully saturated rings. The molecule has 0 atom stereocenters. The summed E-state index contributed by atoms with van der Waals surface area (Å²) < 4.78 is 40.5. The van der Waals surface area contributed by atoms with E-state index in [1.165, 1.54) is 25.3 Å². The van der Waals surface area contributed by atoms with Crippen LogP contribution in [0.25, 0.3) is 0 Å². The summed E-state index contributed by atoms with van der Waals surface area (Å²) in [6, 6.07) is 13.8. The van der Waals surface area contributed by atoms with Gasteiger partial charge in [0.1, 0.15) is 21.6 Å². The van der Waals surface area contributed by atoms with Crippen LogP contribution >= 0.6 is 0 Å². The molecule has 0 N–H and O–H groups in total. The molecule has 136 valence electrons. The summed E-state index contributed by atoms with van der Waals surface area (Å²) in [7, 11) is -4.53. The number of aryl methyl sites for hydroxylation is 1. The molecule has 26 heavy (non-hydrogen) atoms. The van der Waals surface area contributed by atoms with Crippen LogP contribution in [-0.2, 0) is 16.5 Å². The van der Waals surface area contributed by atoms with E-state index in [0.717, 1.165) is 19.3 Å². The van der Waals surface area contributed by atoms with Crippen molar-refractivity contribution in [1.29, 1.82) is 0 Å². The Balaban J connectivity index is 0.00000338. The normalized spacial score (nSPS) is 11.0. The van der Waals surface area contributed by atoms with E-state index in [1.807, 2.05) is 18.2 Å². The van der Waals surface area contributed by atoms with E-state index in [-0.39, 0.29) is 56.3 Å². The molecule has 0 unspecified atom stereocenters. The van der Waals surface area contributed by atoms with E-state index in [1.54, 1.807) is 24.3 Å². The molecule has 0 aliphatic heterocycles. The standard InChI is InChI=1S/C20H26O4S.K/c1-2-3-4-5-6-8-11-17-14-15-19(16-20(17)25(21,22)23)24-18-12-9-7-10-13-18;/h7,9-10,12-16H,2-6,8,11H2,1H3,(H,21,22,23);/q;+1/p-1. The summed E-state index contributed by atoms with van der Waals surface area (Å²) >= 11 is 0. The van der Waals surface area contributed by atoms with Gasteiger partial charge in [-0.25, -0.2) is 8.42 Å². The molecule has 0 bridgehead atoms. The fraction of sp³-hybridized carbons (Fsp3) is 0.400.